The SMILES string of the molecule is CC(C)=CCCC1CCCN1. The van der Waals surface area contributed by atoms with Crippen molar-refractivity contribution in [2.24, 2.45) is 0 Å². The lowest BCUT2D eigenvalue weighted by Crippen LogP contribution is -2.20. The fraction of sp³-hybridized carbons (Fsp3) is 0.800. The second kappa shape index (κ2) is 4.55. The molecule has 0 spiro atoms. The summed E-state index contributed by atoms with van der Waals surface area (Å²) >= 11 is 0. The lowest BCUT2D eigenvalue weighted by molar-refractivity contribution is 0.564. The summed E-state index contributed by atoms with van der Waals surface area (Å²) in [5.74, 6) is 0. The van der Waals surface area contributed by atoms with Crippen LogP contribution in [0.2, 0.25) is 0 Å². The van der Waals surface area contributed by atoms with Crippen LogP contribution in [-0.4, -0.2) is 12.6 Å². The standard InChI is InChI=1S/C10H19N/c1-9(2)5-3-6-10-7-4-8-11-10/h5,10-11H,3-4,6-8H2,1-2H3. The highest BCUT2D eigenvalue weighted by Gasteiger charge is 2.11. The van der Waals surface area contributed by atoms with Gasteiger partial charge in [-0.2, -0.15) is 0 Å². The van der Waals surface area contributed by atoms with E-state index in [4.69, 9.17) is 0 Å². The van der Waals surface area contributed by atoms with E-state index in [0.29, 0.717) is 0 Å². The van der Waals surface area contributed by atoms with E-state index < -0.39 is 0 Å². The molecule has 1 nitrogen and oxygen atoms in total. The molecule has 0 bridgehead atoms. The molecule has 1 atom stereocenters. The minimum Gasteiger partial charge on any atom is -0.314 e. The highest BCUT2D eigenvalue weighted by Crippen LogP contribution is 2.11. The molecule has 0 aliphatic carbocycles. The van der Waals surface area contributed by atoms with E-state index in [2.05, 4.69) is 25.2 Å². The molecule has 1 aliphatic heterocycles. The summed E-state index contributed by atoms with van der Waals surface area (Å²) in [5, 5.41) is 3.50. The van der Waals surface area contributed by atoms with Crippen molar-refractivity contribution in [2.45, 2.75) is 45.6 Å². The summed E-state index contributed by atoms with van der Waals surface area (Å²) in [6, 6.07) is 0.811. The predicted molar refractivity (Wildman–Crippen MR) is 49.7 cm³/mol. The first-order chi connectivity index (χ1) is 5.29. The number of allylic oxidation sites excluding steroid dienone is 2. The first-order valence-corrected chi connectivity index (χ1v) is 4.66. The normalized spacial score (nSPS) is 23.6. The van der Waals surface area contributed by atoms with Crippen LogP contribution in [0, 0.1) is 0 Å². The van der Waals surface area contributed by atoms with Gasteiger partial charge in [0.1, 0.15) is 0 Å². The fourth-order valence-electron chi connectivity index (χ4n) is 1.58. The van der Waals surface area contributed by atoms with E-state index in [-0.39, 0.29) is 0 Å². The van der Waals surface area contributed by atoms with Gasteiger partial charge in [0.15, 0.2) is 0 Å². The van der Waals surface area contributed by atoms with Gasteiger partial charge in [0, 0.05) is 6.04 Å². The maximum Gasteiger partial charge on any atom is 0.00704 e. The smallest absolute Gasteiger partial charge is 0.00704 e. The Hall–Kier alpha value is -0.300. The van der Waals surface area contributed by atoms with Crippen LogP contribution in [0.3, 0.4) is 0 Å². The molecule has 0 aromatic carbocycles. The molecule has 1 N–H and O–H groups in total. The van der Waals surface area contributed by atoms with Crippen LogP contribution >= 0.6 is 0 Å². The van der Waals surface area contributed by atoms with Crippen LogP contribution in [0.25, 0.3) is 0 Å². The second-order valence-corrected chi connectivity index (χ2v) is 3.65. The van der Waals surface area contributed by atoms with Crippen molar-refractivity contribution in [1.82, 2.24) is 5.32 Å². The minimum absolute atomic E-state index is 0.811. The van der Waals surface area contributed by atoms with E-state index in [0.717, 1.165) is 6.04 Å². The highest BCUT2D eigenvalue weighted by atomic mass is 14.9. The Balaban J connectivity index is 2.07. The van der Waals surface area contributed by atoms with Crippen LogP contribution in [-0.2, 0) is 0 Å². The first-order valence-electron chi connectivity index (χ1n) is 4.66. The summed E-state index contributed by atoms with van der Waals surface area (Å²) in [6.45, 7) is 5.57. The summed E-state index contributed by atoms with van der Waals surface area (Å²) < 4.78 is 0. The third-order valence-corrected chi connectivity index (χ3v) is 2.23. The molecule has 1 saturated heterocycles. The summed E-state index contributed by atoms with van der Waals surface area (Å²) in [7, 11) is 0. The molecule has 1 rings (SSSR count). The van der Waals surface area contributed by atoms with Crippen LogP contribution < -0.4 is 5.32 Å². The molecular weight excluding hydrogens is 134 g/mol. The van der Waals surface area contributed by atoms with E-state index >= 15 is 0 Å². The molecule has 1 fully saturated rings. The monoisotopic (exact) mass is 153 g/mol. The third-order valence-electron chi connectivity index (χ3n) is 2.23. The van der Waals surface area contributed by atoms with Gasteiger partial charge in [-0.05, 0) is 46.1 Å². The molecule has 0 aromatic heterocycles. The molecule has 0 amide bonds. The van der Waals surface area contributed by atoms with Gasteiger partial charge in [-0.3, -0.25) is 0 Å². The Labute approximate surface area is 69.9 Å². The molecule has 0 saturated carbocycles. The maximum atomic E-state index is 3.50. The second-order valence-electron chi connectivity index (χ2n) is 3.65. The van der Waals surface area contributed by atoms with Gasteiger partial charge in [-0.25, -0.2) is 0 Å². The minimum atomic E-state index is 0.811. The van der Waals surface area contributed by atoms with Gasteiger partial charge in [0.2, 0.25) is 0 Å². The molecule has 64 valence electrons. The Bertz CT molecular complexity index is 128. The Morgan fingerprint density at radius 3 is 2.91 bits per heavy atom. The number of hydrogen-bond acceptors (Lipinski definition) is 1. The number of nitrogens with one attached hydrogen (secondary N) is 1. The van der Waals surface area contributed by atoms with Gasteiger partial charge >= 0.3 is 0 Å². The van der Waals surface area contributed by atoms with Crippen molar-refractivity contribution in [3.63, 3.8) is 0 Å². The average molecular weight is 153 g/mol. The molecule has 0 aromatic rings. The van der Waals surface area contributed by atoms with E-state index in [9.17, 15) is 0 Å². The maximum absolute atomic E-state index is 3.50. The molecule has 11 heavy (non-hydrogen) atoms. The quantitative estimate of drug-likeness (QED) is 0.614. The molecule has 1 heteroatoms. The zero-order valence-corrected chi connectivity index (χ0v) is 7.69. The Kier molecular flexibility index (Phi) is 3.64. The van der Waals surface area contributed by atoms with E-state index in [1.54, 1.807) is 0 Å². The van der Waals surface area contributed by atoms with Gasteiger partial charge in [0.25, 0.3) is 0 Å². The van der Waals surface area contributed by atoms with Crippen LogP contribution in [0.5, 0.6) is 0 Å². The molecule has 0 radical (unpaired) electrons. The number of hydrogen-bond donors (Lipinski definition) is 1. The zero-order valence-electron chi connectivity index (χ0n) is 7.69. The Morgan fingerprint density at radius 2 is 2.36 bits per heavy atom. The largest absolute Gasteiger partial charge is 0.314 e. The van der Waals surface area contributed by atoms with Crippen molar-refractivity contribution in [3.8, 4) is 0 Å². The van der Waals surface area contributed by atoms with E-state index in [1.165, 1.54) is 37.8 Å². The van der Waals surface area contributed by atoms with Crippen molar-refractivity contribution in [3.05, 3.63) is 11.6 Å². The van der Waals surface area contributed by atoms with Gasteiger partial charge in [-0.1, -0.05) is 11.6 Å². The van der Waals surface area contributed by atoms with Crippen molar-refractivity contribution < 1.29 is 0 Å². The summed E-state index contributed by atoms with van der Waals surface area (Å²) in [6.07, 6.45) is 7.67. The molecule has 1 heterocycles. The third kappa shape index (κ3) is 3.57. The lowest BCUT2D eigenvalue weighted by Gasteiger charge is -2.06. The molecular formula is C10H19N. The molecule has 1 unspecified atom stereocenters. The predicted octanol–water partition coefficient (Wildman–Crippen LogP) is 2.48. The number of rotatable bonds is 3. The average Bonchev–Trinajstić information content (AvgIpc) is 2.39. The summed E-state index contributed by atoms with van der Waals surface area (Å²) in [5.41, 5.74) is 1.45. The Morgan fingerprint density at radius 1 is 1.55 bits per heavy atom. The zero-order chi connectivity index (χ0) is 8.10. The van der Waals surface area contributed by atoms with Crippen molar-refractivity contribution in [2.75, 3.05) is 6.54 Å². The van der Waals surface area contributed by atoms with Crippen LogP contribution in [0.4, 0.5) is 0 Å². The lowest BCUT2D eigenvalue weighted by atomic mass is 10.1. The van der Waals surface area contributed by atoms with Crippen molar-refractivity contribution >= 4 is 0 Å². The van der Waals surface area contributed by atoms with Crippen LogP contribution in [0.1, 0.15) is 39.5 Å². The highest BCUT2D eigenvalue weighted by molar-refractivity contribution is 4.93. The van der Waals surface area contributed by atoms with E-state index in [1.807, 2.05) is 0 Å². The topological polar surface area (TPSA) is 12.0 Å². The van der Waals surface area contributed by atoms with Crippen LogP contribution in [0.15, 0.2) is 11.6 Å². The first kappa shape index (κ1) is 8.79. The molecule has 1 aliphatic rings. The van der Waals surface area contributed by atoms with Gasteiger partial charge in [0.05, 0.1) is 0 Å². The summed E-state index contributed by atoms with van der Waals surface area (Å²) in [4.78, 5) is 0. The fourth-order valence-corrected chi connectivity index (χ4v) is 1.58. The van der Waals surface area contributed by atoms with Gasteiger partial charge in [-0.15, -0.1) is 0 Å². The van der Waals surface area contributed by atoms with Crippen molar-refractivity contribution in [1.29, 1.82) is 0 Å². The van der Waals surface area contributed by atoms with Gasteiger partial charge < -0.3 is 5.32 Å².